The van der Waals surface area contributed by atoms with Gasteiger partial charge in [-0.15, -0.1) is 0 Å². The lowest BCUT2D eigenvalue weighted by molar-refractivity contribution is 0.187. The lowest BCUT2D eigenvalue weighted by Crippen LogP contribution is -2.39. The molecular formula is C21H24FN5O3. The standard InChI is InChI=1S/C21H24FN5O3/c1-30-12-11-26-18-3-2-9-23-19(18)27(21(26)29)17-8-10-25(14-17)20(28)24-13-15-4-6-16(22)7-5-15/h2-7,9,17H,8,10-14H2,1H3,(H,24,28). The van der Waals surface area contributed by atoms with Gasteiger partial charge < -0.3 is 15.0 Å². The van der Waals surface area contributed by atoms with Gasteiger partial charge in [-0.05, 0) is 36.2 Å². The van der Waals surface area contributed by atoms with E-state index in [1.165, 1.54) is 12.1 Å². The van der Waals surface area contributed by atoms with Gasteiger partial charge in [0.1, 0.15) is 5.82 Å². The van der Waals surface area contributed by atoms with E-state index in [2.05, 4.69) is 10.3 Å². The summed E-state index contributed by atoms with van der Waals surface area (Å²) in [5, 5.41) is 2.86. The van der Waals surface area contributed by atoms with Gasteiger partial charge in [-0.25, -0.2) is 19.0 Å². The Morgan fingerprint density at radius 1 is 1.30 bits per heavy atom. The average Bonchev–Trinajstić information content (AvgIpc) is 3.34. The van der Waals surface area contributed by atoms with Gasteiger partial charge in [-0.2, -0.15) is 0 Å². The summed E-state index contributed by atoms with van der Waals surface area (Å²) >= 11 is 0. The van der Waals surface area contributed by atoms with Crippen molar-refractivity contribution in [1.82, 2.24) is 24.3 Å². The van der Waals surface area contributed by atoms with E-state index in [0.29, 0.717) is 44.9 Å². The molecule has 2 amide bonds. The molecule has 3 aromatic rings. The molecule has 0 spiro atoms. The Morgan fingerprint density at radius 3 is 2.87 bits per heavy atom. The van der Waals surface area contributed by atoms with Crippen LogP contribution in [-0.2, 0) is 17.8 Å². The normalized spacial score (nSPS) is 16.3. The summed E-state index contributed by atoms with van der Waals surface area (Å²) in [6.45, 7) is 2.16. The third-order valence-electron chi connectivity index (χ3n) is 5.41. The van der Waals surface area contributed by atoms with E-state index in [9.17, 15) is 14.0 Å². The zero-order chi connectivity index (χ0) is 21.1. The first-order valence-electron chi connectivity index (χ1n) is 9.90. The minimum Gasteiger partial charge on any atom is -0.383 e. The maximum atomic E-state index is 13.1. The number of hydrogen-bond acceptors (Lipinski definition) is 4. The average molecular weight is 413 g/mol. The van der Waals surface area contributed by atoms with Crippen LogP contribution in [0, 0.1) is 5.82 Å². The Bertz CT molecular complexity index is 1090. The van der Waals surface area contributed by atoms with Crippen LogP contribution in [0.15, 0.2) is 47.4 Å². The predicted octanol–water partition coefficient (Wildman–Crippen LogP) is 2.14. The molecule has 1 N–H and O–H groups in total. The van der Waals surface area contributed by atoms with Crippen molar-refractivity contribution in [3.8, 4) is 0 Å². The van der Waals surface area contributed by atoms with Crippen molar-refractivity contribution >= 4 is 17.2 Å². The maximum Gasteiger partial charge on any atom is 0.330 e. The molecule has 0 bridgehead atoms. The molecule has 158 valence electrons. The van der Waals surface area contributed by atoms with E-state index in [0.717, 1.165) is 11.1 Å². The van der Waals surface area contributed by atoms with Crippen molar-refractivity contribution < 1.29 is 13.9 Å². The highest BCUT2D eigenvalue weighted by Gasteiger charge is 2.30. The molecule has 1 fully saturated rings. The molecule has 0 aliphatic carbocycles. The largest absolute Gasteiger partial charge is 0.383 e. The monoisotopic (exact) mass is 413 g/mol. The first kappa shape index (κ1) is 20.1. The van der Waals surface area contributed by atoms with Crippen molar-refractivity contribution in [1.29, 1.82) is 0 Å². The number of hydrogen-bond donors (Lipinski definition) is 1. The number of ether oxygens (including phenoxy) is 1. The van der Waals surface area contributed by atoms with Crippen LogP contribution in [-0.4, -0.2) is 51.9 Å². The van der Waals surface area contributed by atoms with Crippen molar-refractivity contribution in [3.05, 3.63) is 64.5 Å². The number of halogens is 1. The van der Waals surface area contributed by atoms with Gasteiger partial charge in [-0.3, -0.25) is 9.13 Å². The van der Waals surface area contributed by atoms with E-state index in [1.807, 2.05) is 6.07 Å². The Balaban J connectivity index is 1.48. The summed E-state index contributed by atoms with van der Waals surface area (Å²) in [6, 6.07) is 9.35. The van der Waals surface area contributed by atoms with Crippen LogP contribution >= 0.6 is 0 Å². The minimum atomic E-state index is -0.309. The van der Waals surface area contributed by atoms with Crippen molar-refractivity contribution in [3.63, 3.8) is 0 Å². The SMILES string of the molecule is COCCn1c(=O)n(C2CCN(C(=O)NCc3ccc(F)cc3)C2)c2ncccc21. The molecule has 2 aromatic heterocycles. The fourth-order valence-corrected chi connectivity index (χ4v) is 3.87. The van der Waals surface area contributed by atoms with Crippen molar-refractivity contribution in [2.24, 2.45) is 0 Å². The molecular weight excluding hydrogens is 389 g/mol. The smallest absolute Gasteiger partial charge is 0.330 e. The third-order valence-corrected chi connectivity index (χ3v) is 5.41. The van der Waals surface area contributed by atoms with Gasteiger partial charge in [0, 0.05) is 32.9 Å². The number of nitrogens with one attached hydrogen (secondary N) is 1. The molecule has 1 aromatic carbocycles. The highest BCUT2D eigenvalue weighted by Crippen LogP contribution is 2.24. The first-order valence-corrected chi connectivity index (χ1v) is 9.90. The van der Waals surface area contributed by atoms with Crippen molar-refractivity contribution in [2.75, 3.05) is 26.8 Å². The number of urea groups is 1. The summed E-state index contributed by atoms with van der Waals surface area (Å²) in [4.78, 5) is 31.8. The molecule has 1 aliphatic heterocycles. The first-order chi connectivity index (χ1) is 14.6. The van der Waals surface area contributed by atoms with Crippen LogP contribution in [0.1, 0.15) is 18.0 Å². The second-order valence-corrected chi connectivity index (χ2v) is 7.32. The van der Waals surface area contributed by atoms with Crippen LogP contribution in [0.4, 0.5) is 9.18 Å². The Morgan fingerprint density at radius 2 is 2.10 bits per heavy atom. The van der Waals surface area contributed by atoms with Gasteiger partial charge in [0.2, 0.25) is 0 Å². The number of likely N-dealkylation sites (tertiary alicyclic amines) is 1. The molecule has 1 unspecified atom stereocenters. The molecule has 8 nitrogen and oxygen atoms in total. The summed E-state index contributed by atoms with van der Waals surface area (Å²) in [6.07, 6.45) is 2.34. The second kappa shape index (κ2) is 8.66. The number of carbonyl (C=O) groups is 1. The fourth-order valence-electron chi connectivity index (χ4n) is 3.87. The molecule has 9 heteroatoms. The number of carbonyl (C=O) groups excluding carboxylic acids is 1. The van der Waals surface area contributed by atoms with Gasteiger partial charge in [0.15, 0.2) is 5.65 Å². The van der Waals surface area contributed by atoms with Crippen LogP contribution in [0.5, 0.6) is 0 Å². The molecule has 0 radical (unpaired) electrons. The third kappa shape index (κ3) is 3.93. The summed E-state index contributed by atoms with van der Waals surface area (Å²) in [5.74, 6) is -0.309. The maximum absolute atomic E-state index is 13.1. The topological polar surface area (TPSA) is 81.4 Å². The van der Waals surface area contributed by atoms with Gasteiger partial charge >= 0.3 is 11.7 Å². The Labute approximate surface area is 172 Å². The number of nitrogens with zero attached hydrogens (tertiary/aromatic N) is 4. The number of rotatable bonds is 6. The fraction of sp³-hybridized carbons (Fsp3) is 0.381. The zero-order valence-electron chi connectivity index (χ0n) is 16.8. The van der Waals surface area contributed by atoms with Crippen molar-refractivity contribution in [2.45, 2.75) is 25.6 Å². The highest BCUT2D eigenvalue weighted by molar-refractivity contribution is 5.75. The number of benzene rings is 1. The number of aromatic nitrogens is 3. The number of methoxy groups -OCH3 is 1. The summed E-state index contributed by atoms with van der Waals surface area (Å²) in [7, 11) is 1.60. The van der Waals surface area contributed by atoms with E-state index in [-0.39, 0.29) is 23.6 Å². The van der Waals surface area contributed by atoms with Crippen LogP contribution in [0.25, 0.3) is 11.2 Å². The van der Waals surface area contributed by atoms with Crippen LogP contribution < -0.4 is 11.0 Å². The molecule has 0 saturated carbocycles. The number of pyridine rings is 1. The lowest BCUT2D eigenvalue weighted by Gasteiger charge is -2.18. The summed E-state index contributed by atoms with van der Waals surface area (Å²) < 4.78 is 21.5. The van der Waals surface area contributed by atoms with Crippen LogP contribution in [0.2, 0.25) is 0 Å². The molecule has 3 heterocycles. The predicted molar refractivity (Wildman–Crippen MR) is 110 cm³/mol. The van der Waals surface area contributed by atoms with Crippen LogP contribution in [0.3, 0.4) is 0 Å². The zero-order valence-corrected chi connectivity index (χ0v) is 16.8. The molecule has 1 atom stereocenters. The molecule has 1 saturated heterocycles. The van der Waals surface area contributed by atoms with Gasteiger partial charge in [0.25, 0.3) is 0 Å². The van der Waals surface area contributed by atoms with E-state index in [1.54, 1.807) is 45.5 Å². The van der Waals surface area contributed by atoms with Gasteiger partial charge in [-0.1, -0.05) is 12.1 Å². The van der Waals surface area contributed by atoms with Gasteiger partial charge in [0.05, 0.1) is 24.7 Å². The van der Waals surface area contributed by atoms with E-state index in [4.69, 9.17) is 4.74 Å². The molecule has 4 rings (SSSR count). The molecule has 1 aliphatic rings. The second-order valence-electron chi connectivity index (χ2n) is 7.32. The quantitative estimate of drug-likeness (QED) is 0.671. The van der Waals surface area contributed by atoms with E-state index < -0.39 is 0 Å². The number of fused-ring (bicyclic) bond motifs is 1. The Kier molecular flexibility index (Phi) is 5.80. The number of imidazole rings is 1. The highest BCUT2D eigenvalue weighted by atomic mass is 19.1. The Hall–Kier alpha value is -3.20. The number of amides is 2. The molecule has 30 heavy (non-hydrogen) atoms. The van der Waals surface area contributed by atoms with E-state index >= 15 is 0 Å². The summed E-state index contributed by atoms with van der Waals surface area (Å²) in [5.41, 5.74) is 2.07. The minimum absolute atomic E-state index is 0.140. The lowest BCUT2D eigenvalue weighted by atomic mass is 10.2.